The summed E-state index contributed by atoms with van der Waals surface area (Å²) < 4.78 is 7.47. The van der Waals surface area contributed by atoms with Gasteiger partial charge in [-0.15, -0.1) is 5.10 Å². The van der Waals surface area contributed by atoms with Crippen molar-refractivity contribution in [1.82, 2.24) is 14.8 Å². The van der Waals surface area contributed by atoms with Gasteiger partial charge >= 0.3 is 0 Å². The highest BCUT2D eigenvalue weighted by Crippen LogP contribution is 2.42. The van der Waals surface area contributed by atoms with Crippen LogP contribution in [0.3, 0.4) is 0 Å². The molecule has 0 saturated heterocycles. The van der Waals surface area contributed by atoms with E-state index in [1.807, 2.05) is 30.3 Å². The topological polar surface area (TPSA) is 73.0 Å². The molecular weight excluding hydrogens is 360 g/mol. The van der Waals surface area contributed by atoms with Crippen molar-refractivity contribution >= 4 is 23.5 Å². The second kappa shape index (κ2) is 6.74. The molecule has 136 valence electrons. The van der Waals surface area contributed by atoms with E-state index >= 15 is 0 Å². The fourth-order valence-electron chi connectivity index (χ4n) is 3.68. The Kier molecular flexibility index (Phi) is 4.09. The monoisotopic (exact) mass is 378 g/mol. The van der Waals surface area contributed by atoms with Gasteiger partial charge in [0.05, 0.1) is 12.2 Å². The number of rotatable bonds is 4. The average Bonchev–Trinajstić information content (AvgIpc) is 3.35. The Morgan fingerprint density at radius 2 is 2.11 bits per heavy atom. The fraction of sp³-hybridized carbons (Fsp3) is 0.250. The first-order chi connectivity index (χ1) is 13.3. The molecule has 2 aromatic heterocycles. The van der Waals surface area contributed by atoms with Crippen molar-refractivity contribution in [2.45, 2.75) is 29.8 Å². The molecule has 2 atom stereocenters. The molecule has 27 heavy (non-hydrogen) atoms. The molecule has 0 amide bonds. The normalized spacial score (nSPS) is 21.2. The van der Waals surface area contributed by atoms with Crippen LogP contribution in [0, 0.1) is 5.92 Å². The lowest BCUT2D eigenvalue weighted by Crippen LogP contribution is -2.38. The molecule has 1 aromatic carbocycles. The van der Waals surface area contributed by atoms with Crippen LogP contribution in [0.25, 0.3) is 0 Å². The van der Waals surface area contributed by atoms with Gasteiger partial charge in [0.25, 0.3) is 0 Å². The smallest absolute Gasteiger partial charge is 0.227 e. The van der Waals surface area contributed by atoms with E-state index in [4.69, 9.17) is 9.52 Å². The SMILES string of the molecule is O=C1CCC=C2Nc3nc(SCc4ccccc4)nn3[C@H](c3ccco3)[C@@H]12. The Balaban J connectivity index is 1.50. The molecule has 3 aromatic rings. The Labute approximate surface area is 160 Å². The number of carbonyl (C=O) groups excluding carboxylic acids is 1. The molecule has 1 N–H and O–H groups in total. The molecule has 6 nitrogen and oxygen atoms in total. The number of thioether (sulfide) groups is 1. The van der Waals surface area contributed by atoms with Crippen molar-refractivity contribution < 1.29 is 9.21 Å². The van der Waals surface area contributed by atoms with Crippen molar-refractivity contribution in [2.24, 2.45) is 5.92 Å². The highest BCUT2D eigenvalue weighted by Gasteiger charge is 2.42. The number of nitrogens with one attached hydrogen (secondary N) is 1. The minimum atomic E-state index is -0.300. The van der Waals surface area contributed by atoms with Crippen LogP contribution < -0.4 is 5.32 Å². The third-order valence-electron chi connectivity index (χ3n) is 4.93. The summed E-state index contributed by atoms with van der Waals surface area (Å²) in [6, 6.07) is 13.7. The maximum absolute atomic E-state index is 12.7. The Hall–Kier alpha value is -2.80. The molecular formula is C20H18N4O2S. The summed E-state index contributed by atoms with van der Waals surface area (Å²) >= 11 is 1.58. The lowest BCUT2D eigenvalue weighted by molar-refractivity contribution is -0.123. The van der Waals surface area contributed by atoms with Gasteiger partial charge in [-0.25, -0.2) is 4.68 Å². The van der Waals surface area contributed by atoms with Crippen molar-refractivity contribution in [3.8, 4) is 0 Å². The van der Waals surface area contributed by atoms with Gasteiger partial charge in [0.2, 0.25) is 11.1 Å². The molecule has 5 rings (SSSR count). The number of nitrogens with zero attached hydrogens (tertiary/aromatic N) is 3. The molecule has 0 saturated carbocycles. The zero-order valence-corrected chi connectivity index (χ0v) is 15.4. The number of allylic oxidation sites excluding steroid dienone is 2. The summed E-state index contributed by atoms with van der Waals surface area (Å²) in [6.07, 6.45) is 5.03. The van der Waals surface area contributed by atoms with Crippen LogP contribution in [-0.2, 0) is 10.5 Å². The van der Waals surface area contributed by atoms with Gasteiger partial charge in [0, 0.05) is 17.9 Å². The van der Waals surface area contributed by atoms with Crippen LogP contribution in [0.5, 0.6) is 0 Å². The number of aromatic nitrogens is 3. The van der Waals surface area contributed by atoms with Crippen LogP contribution in [0.2, 0.25) is 0 Å². The maximum Gasteiger partial charge on any atom is 0.227 e. The summed E-state index contributed by atoms with van der Waals surface area (Å²) in [6.45, 7) is 0. The molecule has 0 radical (unpaired) electrons. The van der Waals surface area contributed by atoms with E-state index in [0.29, 0.717) is 17.5 Å². The largest absolute Gasteiger partial charge is 0.467 e. The summed E-state index contributed by atoms with van der Waals surface area (Å²) in [5.74, 6) is 2.09. The Morgan fingerprint density at radius 1 is 1.22 bits per heavy atom. The number of hydrogen-bond acceptors (Lipinski definition) is 6. The van der Waals surface area contributed by atoms with Gasteiger partial charge < -0.3 is 9.73 Å². The molecule has 1 aliphatic heterocycles. The lowest BCUT2D eigenvalue weighted by Gasteiger charge is -2.34. The van der Waals surface area contributed by atoms with Crippen LogP contribution in [0.15, 0.2) is 70.1 Å². The van der Waals surface area contributed by atoms with E-state index in [0.717, 1.165) is 23.6 Å². The minimum Gasteiger partial charge on any atom is -0.467 e. The van der Waals surface area contributed by atoms with Gasteiger partial charge in [-0.1, -0.05) is 48.2 Å². The molecule has 1 aliphatic carbocycles. The van der Waals surface area contributed by atoms with Gasteiger partial charge in [-0.05, 0) is 24.1 Å². The Bertz CT molecular complexity index is 994. The van der Waals surface area contributed by atoms with Crippen LogP contribution in [0.4, 0.5) is 5.95 Å². The predicted octanol–water partition coefficient (Wildman–Crippen LogP) is 4.04. The summed E-state index contributed by atoms with van der Waals surface area (Å²) in [4.78, 5) is 17.3. The third kappa shape index (κ3) is 2.98. The van der Waals surface area contributed by atoms with Gasteiger partial charge in [-0.2, -0.15) is 4.98 Å². The average molecular weight is 378 g/mol. The maximum atomic E-state index is 12.7. The van der Waals surface area contributed by atoms with E-state index in [9.17, 15) is 4.79 Å². The zero-order valence-electron chi connectivity index (χ0n) is 14.5. The second-order valence-electron chi connectivity index (χ2n) is 6.66. The highest BCUT2D eigenvalue weighted by atomic mass is 32.2. The molecule has 0 fully saturated rings. The summed E-state index contributed by atoms with van der Waals surface area (Å²) in [7, 11) is 0. The van der Waals surface area contributed by atoms with Crippen molar-refractivity contribution in [2.75, 3.05) is 5.32 Å². The van der Waals surface area contributed by atoms with E-state index in [2.05, 4.69) is 28.5 Å². The number of fused-ring (bicyclic) bond motifs is 2. The van der Waals surface area contributed by atoms with Gasteiger partial charge in [-0.3, -0.25) is 4.79 Å². The van der Waals surface area contributed by atoms with E-state index in [1.165, 1.54) is 5.56 Å². The standard InChI is InChI=1S/C20H18N4O2S/c25-15-9-4-8-14-17(15)18(16-10-5-11-26-16)24-19(21-14)22-20(23-24)27-12-13-6-2-1-3-7-13/h1-3,5-8,10-11,17-18H,4,9,12H2,(H,21,22,23)/t17-,18-/m1/s1. The van der Waals surface area contributed by atoms with Crippen molar-refractivity contribution in [3.63, 3.8) is 0 Å². The number of ketones is 1. The third-order valence-corrected chi connectivity index (χ3v) is 5.84. The predicted molar refractivity (Wildman–Crippen MR) is 102 cm³/mol. The molecule has 0 unspecified atom stereocenters. The number of hydrogen-bond donors (Lipinski definition) is 1. The first-order valence-corrected chi connectivity index (χ1v) is 9.94. The number of furan rings is 1. The van der Waals surface area contributed by atoms with Crippen LogP contribution in [-0.4, -0.2) is 20.5 Å². The first kappa shape index (κ1) is 16.4. The van der Waals surface area contributed by atoms with Crippen LogP contribution >= 0.6 is 11.8 Å². The molecule has 3 heterocycles. The zero-order chi connectivity index (χ0) is 18.2. The summed E-state index contributed by atoms with van der Waals surface area (Å²) in [5.41, 5.74) is 2.13. The highest BCUT2D eigenvalue weighted by molar-refractivity contribution is 7.98. The molecule has 2 aliphatic rings. The Morgan fingerprint density at radius 3 is 2.93 bits per heavy atom. The van der Waals surface area contributed by atoms with E-state index in [1.54, 1.807) is 22.7 Å². The quantitative estimate of drug-likeness (QED) is 0.691. The molecule has 7 heteroatoms. The number of benzene rings is 1. The summed E-state index contributed by atoms with van der Waals surface area (Å²) in [5, 5.41) is 8.69. The number of carbonyl (C=O) groups is 1. The number of Topliss-reactive ketones (excluding diaryl/α,β-unsaturated/α-hetero) is 1. The van der Waals surface area contributed by atoms with Crippen molar-refractivity contribution in [3.05, 3.63) is 71.8 Å². The van der Waals surface area contributed by atoms with Gasteiger partial charge in [0.15, 0.2) is 0 Å². The number of anilines is 1. The van der Waals surface area contributed by atoms with Crippen LogP contribution in [0.1, 0.15) is 30.2 Å². The van der Waals surface area contributed by atoms with E-state index in [-0.39, 0.29) is 17.7 Å². The van der Waals surface area contributed by atoms with E-state index < -0.39 is 0 Å². The fourth-order valence-corrected chi connectivity index (χ4v) is 4.47. The van der Waals surface area contributed by atoms with Gasteiger partial charge in [0.1, 0.15) is 17.6 Å². The van der Waals surface area contributed by atoms with Crippen molar-refractivity contribution in [1.29, 1.82) is 0 Å². The molecule has 0 bridgehead atoms. The second-order valence-corrected chi connectivity index (χ2v) is 7.61. The first-order valence-electron chi connectivity index (χ1n) is 8.96. The molecule has 0 spiro atoms. The lowest BCUT2D eigenvalue weighted by atomic mass is 9.83. The minimum absolute atomic E-state index is 0.209.